The molecule has 3 N–H and O–H groups in total. The number of carboxylic acid groups (broad SMARTS) is 1. The van der Waals surface area contributed by atoms with Crippen LogP contribution in [0.5, 0.6) is 0 Å². The number of nitrogens with zero attached hydrogens (tertiary/aromatic N) is 2. The SMILES string of the molecule is NCc1cc(-n2nc(C(F)(F)F)cc2C(=O)O)ccc1F. The molecule has 0 amide bonds. The van der Waals surface area contributed by atoms with Gasteiger partial charge in [-0.1, -0.05) is 0 Å². The van der Waals surface area contributed by atoms with Gasteiger partial charge in [-0.3, -0.25) is 0 Å². The molecule has 1 aromatic heterocycles. The van der Waals surface area contributed by atoms with E-state index in [1.807, 2.05) is 0 Å². The Morgan fingerprint density at radius 3 is 2.52 bits per heavy atom. The molecule has 0 saturated heterocycles. The lowest BCUT2D eigenvalue weighted by molar-refractivity contribution is -0.141. The van der Waals surface area contributed by atoms with Crippen LogP contribution in [0.15, 0.2) is 24.3 Å². The van der Waals surface area contributed by atoms with Gasteiger partial charge in [-0.05, 0) is 18.2 Å². The maximum atomic E-state index is 13.3. The predicted molar refractivity (Wildman–Crippen MR) is 63.4 cm³/mol. The lowest BCUT2D eigenvalue weighted by Gasteiger charge is -2.07. The Kier molecular flexibility index (Phi) is 3.69. The number of benzene rings is 1. The highest BCUT2D eigenvalue weighted by atomic mass is 19.4. The normalized spacial score (nSPS) is 11.7. The van der Waals surface area contributed by atoms with E-state index in [-0.39, 0.29) is 17.8 Å². The van der Waals surface area contributed by atoms with Crippen LogP contribution >= 0.6 is 0 Å². The first-order valence-corrected chi connectivity index (χ1v) is 5.63. The minimum atomic E-state index is -4.79. The van der Waals surface area contributed by atoms with Gasteiger partial charge in [0.25, 0.3) is 0 Å². The number of nitrogens with two attached hydrogens (primary N) is 1. The van der Waals surface area contributed by atoms with Gasteiger partial charge < -0.3 is 10.8 Å². The van der Waals surface area contributed by atoms with E-state index in [9.17, 15) is 22.4 Å². The maximum absolute atomic E-state index is 13.3. The number of carboxylic acids is 1. The molecule has 0 spiro atoms. The molecule has 0 atom stereocenters. The average molecular weight is 303 g/mol. The van der Waals surface area contributed by atoms with Crippen molar-refractivity contribution in [1.82, 2.24) is 9.78 Å². The third-order valence-electron chi connectivity index (χ3n) is 2.71. The Morgan fingerprint density at radius 1 is 1.33 bits per heavy atom. The van der Waals surface area contributed by atoms with Crippen LogP contribution in [0.1, 0.15) is 21.7 Å². The molecule has 9 heteroatoms. The smallest absolute Gasteiger partial charge is 0.435 e. The maximum Gasteiger partial charge on any atom is 0.435 e. The van der Waals surface area contributed by atoms with E-state index in [4.69, 9.17) is 10.8 Å². The van der Waals surface area contributed by atoms with Gasteiger partial charge in [0.1, 0.15) is 5.82 Å². The zero-order valence-electron chi connectivity index (χ0n) is 10.4. The van der Waals surface area contributed by atoms with E-state index >= 15 is 0 Å². The van der Waals surface area contributed by atoms with Crippen LogP contribution in [-0.4, -0.2) is 20.9 Å². The zero-order valence-corrected chi connectivity index (χ0v) is 10.4. The fraction of sp³-hybridized carbons (Fsp3) is 0.167. The van der Waals surface area contributed by atoms with Crippen molar-refractivity contribution in [3.63, 3.8) is 0 Å². The minimum Gasteiger partial charge on any atom is -0.477 e. The molecule has 0 fully saturated rings. The van der Waals surface area contributed by atoms with Crippen molar-refractivity contribution in [3.8, 4) is 5.69 Å². The second kappa shape index (κ2) is 5.17. The second-order valence-electron chi connectivity index (χ2n) is 4.11. The molecule has 2 aromatic rings. The summed E-state index contributed by atoms with van der Waals surface area (Å²) in [5.74, 6) is -2.22. The third kappa shape index (κ3) is 2.87. The van der Waals surface area contributed by atoms with Crippen molar-refractivity contribution in [2.45, 2.75) is 12.7 Å². The van der Waals surface area contributed by atoms with Crippen LogP contribution in [0, 0.1) is 5.82 Å². The molecule has 0 unspecified atom stereocenters. The van der Waals surface area contributed by atoms with Crippen molar-refractivity contribution < 1.29 is 27.5 Å². The first kappa shape index (κ1) is 15.0. The van der Waals surface area contributed by atoms with Crippen LogP contribution < -0.4 is 5.73 Å². The summed E-state index contributed by atoms with van der Waals surface area (Å²) >= 11 is 0. The van der Waals surface area contributed by atoms with E-state index in [0.717, 1.165) is 18.2 Å². The van der Waals surface area contributed by atoms with Gasteiger partial charge >= 0.3 is 12.1 Å². The topological polar surface area (TPSA) is 81.1 Å². The number of carbonyl (C=O) groups is 1. The summed E-state index contributed by atoms with van der Waals surface area (Å²) in [5.41, 5.74) is 3.28. The lowest BCUT2D eigenvalue weighted by atomic mass is 10.2. The third-order valence-corrected chi connectivity index (χ3v) is 2.71. The van der Waals surface area contributed by atoms with Crippen LogP contribution in [0.4, 0.5) is 17.6 Å². The Hall–Kier alpha value is -2.42. The van der Waals surface area contributed by atoms with Gasteiger partial charge in [0, 0.05) is 18.2 Å². The molecule has 0 saturated carbocycles. The Labute approximate surface area is 115 Å². The van der Waals surface area contributed by atoms with Gasteiger partial charge in [-0.15, -0.1) is 0 Å². The number of rotatable bonds is 3. The number of hydrogen-bond acceptors (Lipinski definition) is 3. The Balaban J connectivity index is 2.62. The van der Waals surface area contributed by atoms with Crippen molar-refractivity contribution in [1.29, 1.82) is 0 Å². The number of alkyl halides is 3. The number of hydrogen-bond donors (Lipinski definition) is 2. The first-order valence-electron chi connectivity index (χ1n) is 5.63. The molecule has 2 rings (SSSR count). The lowest BCUT2D eigenvalue weighted by Crippen LogP contribution is -2.10. The van der Waals surface area contributed by atoms with Gasteiger partial charge in [-0.2, -0.15) is 18.3 Å². The molecule has 0 aliphatic heterocycles. The highest BCUT2D eigenvalue weighted by molar-refractivity contribution is 5.86. The second-order valence-corrected chi connectivity index (χ2v) is 4.11. The summed E-state index contributed by atoms with van der Waals surface area (Å²) < 4.78 is 51.8. The molecule has 0 radical (unpaired) electrons. The largest absolute Gasteiger partial charge is 0.477 e. The molecule has 1 heterocycles. The fourth-order valence-electron chi connectivity index (χ4n) is 1.72. The van der Waals surface area contributed by atoms with Crippen LogP contribution in [0.2, 0.25) is 0 Å². The summed E-state index contributed by atoms with van der Waals surface area (Å²) in [7, 11) is 0. The monoisotopic (exact) mass is 303 g/mol. The molecular formula is C12H9F4N3O2. The Morgan fingerprint density at radius 2 is 2.00 bits per heavy atom. The number of aromatic carboxylic acids is 1. The van der Waals surface area contributed by atoms with Gasteiger partial charge in [0.05, 0.1) is 5.69 Å². The van der Waals surface area contributed by atoms with Crippen LogP contribution in [-0.2, 0) is 12.7 Å². The molecule has 0 aliphatic carbocycles. The summed E-state index contributed by atoms with van der Waals surface area (Å²) in [4.78, 5) is 11.0. The van der Waals surface area contributed by atoms with Gasteiger partial charge in [0.2, 0.25) is 0 Å². The van der Waals surface area contributed by atoms with Crippen LogP contribution in [0.3, 0.4) is 0 Å². The van der Waals surface area contributed by atoms with E-state index < -0.39 is 29.4 Å². The summed E-state index contributed by atoms with van der Waals surface area (Å²) in [6.45, 7) is -0.185. The van der Waals surface area contributed by atoms with E-state index in [2.05, 4.69) is 5.10 Å². The number of halogens is 4. The fourth-order valence-corrected chi connectivity index (χ4v) is 1.72. The molecule has 21 heavy (non-hydrogen) atoms. The summed E-state index contributed by atoms with van der Waals surface area (Å²) in [5, 5.41) is 12.2. The minimum absolute atomic E-state index is 0.0234. The molecular weight excluding hydrogens is 294 g/mol. The van der Waals surface area contributed by atoms with E-state index in [0.29, 0.717) is 10.7 Å². The van der Waals surface area contributed by atoms with E-state index in [1.54, 1.807) is 0 Å². The first-order chi connectivity index (χ1) is 9.74. The molecule has 0 bridgehead atoms. The zero-order chi connectivity index (χ0) is 15.8. The Bertz CT molecular complexity index is 694. The summed E-state index contributed by atoms with van der Waals surface area (Å²) in [6, 6.07) is 3.66. The highest BCUT2D eigenvalue weighted by Crippen LogP contribution is 2.29. The molecule has 0 aliphatic rings. The standard InChI is InChI=1S/C12H9F4N3O2/c13-8-2-1-7(3-6(8)5-17)19-9(11(20)21)4-10(18-19)12(14,15)16/h1-4H,5,17H2,(H,20,21). The van der Waals surface area contributed by atoms with Crippen LogP contribution in [0.25, 0.3) is 5.69 Å². The van der Waals surface area contributed by atoms with Gasteiger partial charge in [0.15, 0.2) is 11.4 Å². The quantitative estimate of drug-likeness (QED) is 0.852. The average Bonchev–Trinajstić information content (AvgIpc) is 2.84. The van der Waals surface area contributed by atoms with Crippen molar-refractivity contribution in [2.24, 2.45) is 5.73 Å². The van der Waals surface area contributed by atoms with Crippen molar-refractivity contribution >= 4 is 5.97 Å². The molecule has 112 valence electrons. The summed E-state index contributed by atoms with van der Waals surface area (Å²) in [6.07, 6.45) is -4.79. The number of aromatic nitrogens is 2. The molecule has 1 aromatic carbocycles. The highest BCUT2D eigenvalue weighted by Gasteiger charge is 2.36. The van der Waals surface area contributed by atoms with E-state index in [1.165, 1.54) is 0 Å². The predicted octanol–water partition coefficient (Wildman–Crippen LogP) is 2.19. The molecule has 5 nitrogen and oxygen atoms in total. The van der Waals surface area contributed by atoms with Crippen molar-refractivity contribution in [2.75, 3.05) is 0 Å². The van der Waals surface area contributed by atoms with Gasteiger partial charge in [-0.25, -0.2) is 13.9 Å². The van der Waals surface area contributed by atoms with Crippen molar-refractivity contribution in [3.05, 3.63) is 47.0 Å².